The van der Waals surface area contributed by atoms with Crippen LogP contribution < -0.4 is 20.1 Å². The molecule has 1 heterocycles. The molecule has 0 saturated heterocycles. The van der Waals surface area contributed by atoms with Crippen molar-refractivity contribution in [2.75, 3.05) is 26.1 Å². The molecule has 3 aromatic rings. The van der Waals surface area contributed by atoms with Gasteiger partial charge >= 0.3 is 0 Å². The van der Waals surface area contributed by atoms with Crippen LogP contribution in [-0.2, 0) is 9.59 Å². The summed E-state index contributed by atoms with van der Waals surface area (Å²) in [6.07, 6.45) is 6.00. The molecule has 2 N–H and O–H groups in total. The summed E-state index contributed by atoms with van der Waals surface area (Å²) in [5.41, 5.74) is 2.19. The number of nitrogens with one attached hydrogen (secondary N) is 2. The summed E-state index contributed by atoms with van der Waals surface area (Å²) < 4.78 is 12.0. The normalized spacial score (nSPS) is 10.6. The maximum Gasteiger partial charge on any atom is 0.244 e. The molecule has 0 aliphatic rings. The lowest BCUT2D eigenvalue weighted by Gasteiger charge is -2.08. The van der Waals surface area contributed by atoms with E-state index in [1.165, 1.54) is 12.4 Å². The predicted octanol–water partition coefficient (Wildman–Crippen LogP) is 2.05. The zero-order valence-electron chi connectivity index (χ0n) is 16.5. The van der Waals surface area contributed by atoms with Gasteiger partial charge < -0.3 is 20.1 Å². The molecule has 0 spiro atoms. The monoisotopic (exact) mass is 407 g/mol. The van der Waals surface area contributed by atoms with Gasteiger partial charge in [0.05, 0.1) is 26.5 Å². The fraction of sp³-hybridized carbons (Fsp3) is 0.143. The molecule has 154 valence electrons. The van der Waals surface area contributed by atoms with Gasteiger partial charge in [0.1, 0.15) is 12.7 Å². The molecule has 9 heteroatoms. The van der Waals surface area contributed by atoms with E-state index in [1.807, 2.05) is 0 Å². The number of benzene rings is 2. The van der Waals surface area contributed by atoms with Gasteiger partial charge in [0.15, 0.2) is 11.5 Å². The zero-order chi connectivity index (χ0) is 21.3. The number of carbonyl (C=O) groups is 2. The Bertz CT molecular complexity index is 1030. The van der Waals surface area contributed by atoms with Crippen molar-refractivity contribution >= 4 is 23.6 Å². The van der Waals surface area contributed by atoms with Crippen LogP contribution in [0, 0.1) is 0 Å². The highest BCUT2D eigenvalue weighted by Crippen LogP contribution is 2.27. The van der Waals surface area contributed by atoms with E-state index in [2.05, 4.69) is 20.7 Å². The van der Waals surface area contributed by atoms with Gasteiger partial charge in [-0.15, -0.1) is 0 Å². The second-order valence-corrected chi connectivity index (χ2v) is 6.10. The topological polar surface area (TPSA) is 107 Å². The van der Waals surface area contributed by atoms with E-state index >= 15 is 0 Å². The minimum atomic E-state index is -0.388. The number of rotatable bonds is 8. The van der Waals surface area contributed by atoms with Crippen LogP contribution in [0.3, 0.4) is 0 Å². The van der Waals surface area contributed by atoms with Crippen LogP contribution in [0.2, 0.25) is 0 Å². The van der Waals surface area contributed by atoms with Crippen molar-refractivity contribution in [3.05, 3.63) is 66.8 Å². The van der Waals surface area contributed by atoms with E-state index in [1.54, 1.807) is 73.8 Å². The molecule has 0 aliphatic carbocycles. The molecule has 2 aromatic carbocycles. The first-order valence-corrected chi connectivity index (χ1v) is 9.02. The fourth-order valence-corrected chi connectivity index (χ4v) is 2.60. The lowest BCUT2D eigenvalue weighted by molar-refractivity contribution is -0.121. The van der Waals surface area contributed by atoms with Gasteiger partial charge in [0.25, 0.3) is 0 Å². The van der Waals surface area contributed by atoms with Crippen LogP contribution >= 0.6 is 0 Å². The third-order valence-electron chi connectivity index (χ3n) is 4.09. The standard InChI is InChI=1S/C21H21N5O4/c1-29-18-9-3-15(11-19(18)30-2)4-10-20(27)23-12-21(28)25-16-5-7-17(8-6-16)26-14-22-13-24-26/h3-11,13-14H,12H2,1-2H3,(H,23,27)(H,25,28)/b10-4+. The van der Waals surface area contributed by atoms with Crippen molar-refractivity contribution in [1.82, 2.24) is 20.1 Å². The number of methoxy groups -OCH3 is 2. The smallest absolute Gasteiger partial charge is 0.244 e. The summed E-state index contributed by atoms with van der Waals surface area (Å²) in [5.74, 6) is 0.442. The Morgan fingerprint density at radius 3 is 2.50 bits per heavy atom. The molecular weight excluding hydrogens is 386 g/mol. The van der Waals surface area contributed by atoms with Crippen LogP contribution in [-0.4, -0.2) is 47.3 Å². The number of nitrogens with zero attached hydrogens (tertiary/aromatic N) is 3. The minimum Gasteiger partial charge on any atom is -0.493 e. The highest BCUT2D eigenvalue weighted by atomic mass is 16.5. The van der Waals surface area contributed by atoms with E-state index in [9.17, 15) is 9.59 Å². The summed E-state index contributed by atoms with van der Waals surface area (Å²) in [6.45, 7) is -0.153. The van der Waals surface area contributed by atoms with Crippen molar-refractivity contribution in [1.29, 1.82) is 0 Å². The first kappa shape index (κ1) is 20.6. The number of hydrogen-bond acceptors (Lipinski definition) is 6. The third kappa shape index (κ3) is 5.44. The SMILES string of the molecule is COc1ccc(/C=C/C(=O)NCC(=O)Nc2ccc(-n3cncn3)cc2)cc1OC. The van der Waals surface area contributed by atoms with Crippen molar-refractivity contribution < 1.29 is 19.1 Å². The number of anilines is 1. The fourth-order valence-electron chi connectivity index (χ4n) is 2.60. The number of hydrogen-bond donors (Lipinski definition) is 2. The number of amides is 2. The average molecular weight is 407 g/mol. The van der Waals surface area contributed by atoms with Crippen molar-refractivity contribution in [3.8, 4) is 17.2 Å². The molecule has 0 radical (unpaired) electrons. The Kier molecular flexibility index (Phi) is 6.78. The Morgan fingerprint density at radius 2 is 1.83 bits per heavy atom. The molecule has 2 amide bonds. The van der Waals surface area contributed by atoms with Gasteiger partial charge in [-0.3, -0.25) is 9.59 Å². The highest BCUT2D eigenvalue weighted by Gasteiger charge is 2.06. The largest absolute Gasteiger partial charge is 0.493 e. The molecule has 30 heavy (non-hydrogen) atoms. The van der Waals surface area contributed by atoms with Crippen molar-refractivity contribution in [3.63, 3.8) is 0 Å². The second-order valence-electron chi connectivity index (χ2n) is 6.10. The summed E-state index contributed by atoms with van der Waals surface area (Å²) in [6, 6.07) is 12.4. The minimum absolute atomic E-state index is 0.153. The molecule has 0 saturated carbocycles. The van der Waals surface area contributed by atoms with Crippen LogP contribution in [0.4, 0.5) is 5.69 Å². The van der Waals surface area contributed by atoms with Gasteiger partial charge in [0.2, 0.25) is 11.8 Å². The third-order valence-corrected chi connectivity index (χ3v) is 4.09. The second kappa shape index (κ2) is 9.87. The summed E-state index contributed by atoms with van der Waals surface area (Å²) >= 11 is 0. The Labute approximate surface area is 173 Å². The molecule has 0 unspecified atom stereocenters. The van der Waals surface area contributed by atoms with Gasteiger partial charge in [-0.2, -0.15) is 5.10 Å². The summed E-state index contributed by atoms with van der Waals surface area (Å²) in [5, 5.41) is 9.29. The molecule has 9 nitrogen and oxygen atoms in total. The molecule has 0 bridgehead atoms. The first-order valence-electron chi connectivity index (χ1n) is 9.02. The number of carbonyl (C=O) groups excluding carboxylic acids is 2. The molecule has 3 rings (SSSR count). The molecule has 0 atom stereocenters. The summed E-state index contributed by atoms with van der Waals surface area (Å²) in [7, 11) is 3.09. The predicted molar refractivity (Wildman–Crippen MR) is 112 cm³/mol. The average Bonchev–Trinajstić information content (AvgIpc) is 3.31. The van der Waals surface area contributed by atoms with E-state index < -0.39 is 0 Å². The molecule has 1 aromatic heterocycles. The quantitative estimate of drug-likeness (QED) is 0.554. The van der Waals surface area contributed by atoms with Crippen LogP contribution in [0.5, 0.6) is 11.5 Å². The molecule has 0 aliphatic heterocycles. The maximum atomic E-state index is 12.1. The Morgan fingerprint density at radius 1 is 1.07 bits per heavy atom. The van der Waals surface area contributed by atoms with E-state index in [0.29, 0.717) is 17.2 Å². The van der Waals surface area contributed by atoms with E-state index in [0.717, 1.165) is 11.3 Å². The van der Waals surface area contributed by atoms with Crippen molar-refractivity contribution in [2.24, 2.45) is 0 Å². The van der Waals surface area contributed by atoms with Gasteiger partial charge in [-0.1, -0.05) is 6.07 Å². The van der Waals surface area contributed by atoms with E-state index in [4.69, 9.17) is 9.47 Å². The van der Waals surface area contributed by atoms with Gasteiger partial charge in [-0.25, -0.2) is 9.67 Å². The maximum absolute atomic E-state index is 12.1. The Hall–Kier alpha value is -4.14. The lowest BCUT2D eigenvalue weighted by Crippen LogP contribution is -2.31. The van der Waals surface area contributed by atoms with E-state index in [-0.39, 0.29) is 18.4 Å². The van der Waals surface area contributed by atoms with Crippen LogP contribution in [0.15, 0.2) is 61.2 Å². The van der Waals surface area contributed by atoms with Crippen molar-refractivity contribution in [2.45, 2.75) is 0 Å². The highest BCUT2D eigenvalue weighted by molar-refractivity contribution is 5.98. The molecule has 0 fully saturated rings. The number of aromatic nitrogens is 3. The zero-order valence-corrected chi connectivity index (χ0v) is 16.5. The molecular formula is C21H21N5O4. The van der Waals surface area contributed by atoms with Crippen LogP contribution in [0.25, 0.3) is 11.8 Å². The summed E-state index contributed by atoms with van der Waals surface area (Å²) in [4.78, 5) is 27.9. The first-order chi connectivity index (χ1) is 14.6. The lowest BCUT2D eigenvalue weighted by atomic mass is 10.2. The van der Waals surface area contributed by atoms with Crippen LogP contribution in [0.1, 0.15) is 5.56 Å². The Balaban J connectivity index is 1.48. The van der Waals surface area contributed by atoms with Gasteiger partial charge in [-0.05, 0) is 48.0 Å². The van der Waals surface area contributed by atoms with Gasteiger partial charge in [0, 0.05) is 11.8 Å². The number of ether oxygens (including phenoxy) is 2.